The molecule has 0 saturated heterocycles. The summed E-state index contributed by atoms with van der Waals surface area (Å²) >= 11 is 0. The van der Waals surface area contributed by atoms with Gasteiger partial charge < -0.3 is 10.1 Å². The lowest BCUT2D eigenvalue weighted by molar-refractivity contribution is 0.0816. The van der Waals surface area contributed by atoms with E-state index < -0.39 is 0 Å². The molecule has 0 aliphatic carbocycles. The molecule has 1 aromatic carbocycles. The summed E-state index contributed by atoms with van der Waals surface area (Å²) in [4.78, 5) is 0. The van der Waals surface area contributed by atoms with E-state index in [-0.39, 0.29) is 6.04 Å². The Kier molecular flexibility index (Phi) is 3.36. The number of fused-ring (bicyclic) bond motifs is 1. The zero-order valence-corrected chi connectivity index (χ0v) is 11.4. The van der Waals surface area contributed by atoms with Gasteiger partial charge >= 0.3 is 0 Å². The first-order valence-electron chi connectivity index (χ1n) is 6.62. The van der Waals surface area contributed by atoms with Crippen LogP contribution in [0, 0.1) is 6.92 Å². The first-order valence-corrected chi connectivity index (χ1v) is 6.62. The first-order chi connectivity index (χ1) is 9.25. The first kappa shape index (κ1) is 12.4. The highest BCUT2D eigenvalue weighted by atomic mass is 16.5. The average molecular weight is 257 g/mol. The molecule has 1 unspecified atom stereocenters. The fourth-order valence-electron chi connectivity index (χ4n) is 2.50. The molecule has 2 heterocycles. The molecule has 1 atom stereocenters. The van der Waals surface area contributed by atoms with Crippen LogP contribution in [0.2, 0.25) is 0 Å². The molecular formula is C15H19N3O. The van der Waals surface area contributed by atoms with E-state index in [2.05, 4.69) is 41.6 Å². The smallest absolute Gasteiger partial charge is 0.0721 e. The molecule has 3 rings (SSSR count). The third kappa shape index (κ3) is 2.41. The van der Waals surface area contributed by atoms with Crippen LogP contribution >= 0.6 is 0 Å². The number of ether oxygens (including phenoxy) is 1. The van der Waals surface area contributed by atoms with Crippen molar-refractivity contribution in [2.45, 2.75) is 26.1 Å². The number of aromatic nitrogens is 2. The summed E-state index contributed by atoms with van der Waals surface area (Å²) < 4.78 is 7.55. The minimum absolute atomic E-state index is 0.268. The van der Waals surface area contributed by atoms with E-state index in [0.29, 0.717) is 0 Å². The highest BCUT2D eigenvalue weighted by Crippen LogP contribution is 2.24. The van der Waals surface area contributed by atoms with Gasteiger partial charge in [-0.05, 0) is 18.1 Å². The Morgan fingerprint density at radius 3 is 3.05 bits per heavy atom. The summed E-state index contributed by atoms with van der Waals surface area (Å²) in [5, 5.41) is 7.84. The molecule has 0 fully saturated rings. The van der Waals surface area contributed by atoms with Gasteiger partial charge in [0.25, 0.3) is 0 Å². The minimum atomic E-state index is 0.268. The third-order valence-electron chi connectivity index (χ3n) is 3.85. The number of nitrogens with zero attached hydrogens (tertiary/aromatic N) is 2. The van der Waals surface area contributed by atoms with Gasteiger partial charge in [0.1, 0.15) is 0 Å². The Labute approximate surface area is 113 Å². The molecule has 0 saturated carbocycles. The van der Waals surface area contributed by atoms with Crippen LogP contribution in [0.15, 0.2) is 30.5 Å². The zero-order valence-electron chi connectivity index (χ0n) is 11.4. The van der Waals surface area contributed by atoms with Gasteiger partial charge in [0.15, 0.2) is 0 Å². The molecule has 0 spiro atoms. The van der Waals surface area contributed by atoms with Crippen molar-refractivity contribution in [3.05, 3.63) is 52.8 Å². The fourth-order valence-corrected chi connectivity index (χ4v) is 2.50. The SMILES string of the molecule is Cc1c(CNC2COCc3ccccc32)cnn1C. The van der Waals surface area contributed by atoms with Crippen molar-refractivity contribution in [1.29, 1.82) is 0 Å². The van der Waals surface area contributed by atoms with Crippen LogP contribution in [0.5, 0.6) is 0 Å². The second kappa shape index (κ2) is 5.15. The second-order valence-electron chi connectivity index (χ2n) is 5.03. The van der Waals surface area contributed by atoms with Gasteiger partial charge in [-0.25, -0.2) is 0 Å². The molecule has 1 N–H and O–H groups in total. The van der Waals surface area contributed by atoms with Crippen molar-refractivity contribution >= 4 is 0 Å². The average Bonchev–Trinajstić information content (AvgIpc) is 2.76. The predicted octanol–water partition coefficient (Wildman–Crippen LogP) is 2.09. The van der Waals surface area contributed by atoms with Crippen molar-refractivity contribution < 1.29 is 4.74 Å². The van der Waals surface area contributed by atoms with Gasteiger partial charge in [-0.1, -0.05) is 24.3 Å². The quantitative estimate of drug-likeness (QED) is 0.915. The van der Waals surface area contributed by atoms with E-state index in [0.717, 1.165) is 19.8 Å². The van der Waals surface area contributed by atoms with Crippen LogP contribution in [0.25, 0.3) is 0 Å². The molecule has 0 amide bonds. The van der Waals surface area contributed by atoms with Crippen LogP contribution in [0.4, 0.5) is 0 Å². The topological polar surface area (TPSA) is 39.1 Å². The number of benzene rings is 1. The van der Waals surface area contributed by atoms with Crippen LogP contribution in [0.1, 0.15) is 28.4 Å². The Morgan fingerprint density at radius 2 is 2.26 bits per heavy atom. The molecule has 0 bridgehead atoms. The highest BCUT2D eigenvalue weighted by Gasteiger charge is 2.20. The number of rotatable bonds is 3. The Balaban J connectivity index is 1.73. The van der Waals surface area contributed by atoms with Crippen molar-refractivity contribution in [2.75, 3.05) is 6.61 Å². The highest BCUT2D eigenvalue weighted by molar-refractivity contribution is 5.31. The molecule has 19 heavy (non-hydrogen) atoms. The van der Waals surface area contributed by atoms with E-state index in [4.69, 9.17) is 4.74 Å². The van der Waals surface area contributed by atoms with Crippen molar-refractivity contribution in [1.82, 2.24) is 15.1 Å². The maximum atomic E-state index is 5.65. The second-order valence-corrected chi connectivity index (χ2v) is 5.03. The molecule has 4 nitrogen and oxygen atoms in total. The van der Waals surface area contributed by atoms with E-state index >= 15 is 0 Å². The van der Waals surface area contributed by atoms with E-state index in [1.54, 1.807) is 0 Å². The van der Waals surface area contributed by atoms with Crippen LogP contribution in [0.3, 0.4) is 0 Å². The summed E-state index contributed by atoms with van der Waals surface area (Å²) in [6, 6.07) is 8.75. The lowest BCUT2D eigenvalue weighted by Gasteiger charge is -2.26. The molecule has 100 valence electrons. The van der Waals surface area contributed by atoms with Gasteiger partial charge in [0, 0.05) is 24.8 Å². The molecule has 2 aromatic rings. The third-order valence-corrected chi connectivity index (χ3v) is 3.85. The molecule has 0 radical (unpaired) electrons. The van der Waals surface area contributed by atoms with Crippen LogP contribution < -0.4 is 5.32 Å². The minimum Gasteiger partial charge on any atom is -0.375 e. The summed E-state index contributed by atoms with van der Waals surface area (Å²) in [6.07, 6.45) is 1.93. The molecule has 1 aliphatic heterocycles. The van der Waals surface area contributed by atoms with Gasteiger partial charge in [-0.3, -0.25) is 4.68 Å². The Morgan fingerprint density at radius 1 is 1.42 bits per heavy atom. The van der Waals surface area contributed by atoms with E-state index in [1.165, 1.54) is 22.4 Å². The largest absolute Gasteiger partial charge is 0.375 e. The van der Waals surface area contributed by atoms with E-state index in [9.17, 15) is 0 Å². The number of hydrogen-bond acceptors (Lipinski definition) is 3. The van der Waals surface area contributed by atoms with Crippen molar-refractivity contribution in [2.24, 2.45) is 7.05 Å². The number of hydrogen-bond donors (Lipinski definition) is 1. The molecule has 1 aromatic heterocycles. The van der Waals surface area contributed by atoms with Crippen LogP contribution in [-0.2, 0) is 24.9 Å². The Hall–Kier alpha value is -1.65. The monoisotopic (exact) mass is 257 g/mol. The van der Waals surface area contributed by atoms with E-state index in [1.807, 2.05) is 17.9 Å². The van der Waals surface area contributed by atoms with Crippen LogP contribution in [-0.4, -0.2) is 16.4 Å². The van der Waals surface area contributed by atoms with Crippen molar-refractivity contribution in [3.8, 4) is 0 Å². The zero-order chi connectivity index (χ0) is 13.2. The number of nitrogens with one attached hydrogen (secondary N) is 1. The maximum Gasteiger partial charge on any atom is 0.0721 e. The van der Waals surface area contributed by atoms with Gasteiger partial charge in [0.2, 0.25) is 0 Å². The van der Waals surface area contributed by atoms with Gasteiger partial charge in [0.05, 0.1) is 25.5 Å². The Bertz CT molecular complexity index is 577. The summed E-state index contributed by atoms with van der Waals surface area (Å²) in [5.41, 5.74) is 5.09. The summed E-state index contributed by atoms with van der Waals surface area (Å²) in [6.45, 7) is 4.37. The predicted molar refractivity (Wildman–Crippen MR) is 73.6 cm³/mol. The van der Waals surface area contributed by atoms with Gasteiger partial charge in [-0.15, -0.1) is 0 Å². The maximum absolute atomic E-state index is 5.65. The molecular weight excluding hydrogens is 238 g/mol. The molecule has 4 heteroatoms. The molecule has 1 aliphatic rings. The fraction of sp³-hybridized carbons (Fsp3) is 0.400. The lowest BCUT2D eigenvalue weighted by atomic mass is 9.99. The number of aryl methyl sites for hydroxylation is 1. The normalized spacial score (nSPS) is 18.3. The summed E-state index contributed by atoms with van der Waals surface area (Å²) in [5.74, 6) is 0. The lowest BCUT2D eigenvalue weighted by Crippen LogP contribution is -2.29. The standard InChI is InChI=1S/C15H19N3O/c1-11-13(8-17-18(11)2)7-16-15-10-19-9-12-5-3-4-6-14(12)15/h3-6,8,15-16H,7,9-10H2,1-2H3. The summed E-state index contributed by atoms with van der Waals surface area (Å²) in [7, 11) is 1.97. The van der Waals surface area contributed by atoms with Gasteiger partial charge in [-0.2, -0.15) is 5.10 Å². The van der Waals surface area contributed by atoms with Crippen molar-refractivity contribution in [3.63, 3.8) is 0 Å².